The number of hydrogen-bond donors (Lipinski definition) is 4. The SMILES string of the molecule is CC(C)(C)c1cc(CC(O)CNCCO)cc(C(C)(C)C)c1O. The fourth-order valence-electron chi connectivity index (χ4n) is 2.65. The van der Waals surface area contributed by atoms with Crippen LogP contribution < -0.4 is 5.32 Å². The molecule has 4 N–H and O–H groups in total. The van der Waals surface area contributed by atoms with Crippen molar-refractivity contribution < 1.29 is 15.3 Å². The molecule has 1 aromatic rings. The smallest absolute Gasteiger partial charge is 0.123 e. The number of nitrogens with one attached hydrogen (secondary N) is 1. The third kappa shape index (κ3) is 5.79. The molecular formula is C19H33NO3. The Morgan fingerprint density at radius 3 is 1.87 bits per heavy atom. The molecule has 132 valence electrons. The fraction of sp³-hybridized carbons (Fsp3) is 0.684. The Labute approximate surface area is 140 Å². The lowest BCUT2D eigenvalue weighted by Gasteiger charge is -2.28. The lowest BCUT2D eigenvalue weighted by Crippen LogP contribution is -2.30. The van der Waals surface area contributed by atoms with Crippen molar-refractivity contribution >= 4 is 0 Å². The van der Waals surface area contributed by atoms with Gasteiger partial charge in [-0.05, 0) is 33.9 Å². The molecule has 0 heterocycles. The molecule has 23 heavy (non-hydrogen) atoms. The Morgan fingerprint density at radius 2 is 1.48 bits per heavy atom. The largest absolute Gasteiger partial charge is 0.507 e. The standard InChI is InChI=1S/C19H33NO3/c1-18(2,3)15-10-13(9-14(22)12-20-7-8-21)11-16(17(15)23)19(4,5)6/h10-11,14,20-23H,7-9,12H2,1-6H3. The molecular weight excluding hydrogens is 290 g/mol. The summed E-state index contributed by atoms with van der Waals surface area (Å²) in [7, 11) is 0. The molecule has 0 aliphatic heterocycles. The van der Waals surface area contributed by atoms with E-state index in [1.807, 2.05) is 12.1 Å². The maximum Gasteiger partial charge on any atom is 0.123 e. The minimum absolute atomic E-state index is 0.0638. The Bertz CT molecular complexity index is 477. The number of phenols is 1. The van der Waals surface area contributed by atoms with Crippen molar-refractivity contribution in [3.05, 3.63) is 28.8 Å². The van der Waals surface area contributed by atoms with Crippen LogP contribution in [0.5, 0.6) is 5.75 Å². The first-order valence-electron chi connectivity index (χ1n) is 8.33. The van der Waals surface area contributed by atoms with E-state index in [9.17, 15) is 10.2 Å². The van der Waals surface area contributed by atoms with Crippen LogP contribution in [-0.2, 0) is 17.3 Å². The van der Waals surface area contributed by atoms with Crippen LogP contribution in [0.3, 0.4) is 0 Å². The van der Waals surface area contributed by atoms with Gasteiger partial charge in [0.15, 0.2) is 0 Å². The number of hydrogen-bond acceptors (Lipinski definition) is 4. The topological polar surface area (TPSA) is 72.7 Å². The van der Waals surface area contributed by atoms with Gasteiger partial charge in [-0.15, -0.1) is 0 Å². The molecule has 0 saturated heterocycles. The summed E-state index contributed by atoms with van der Waals surface area (Å²) in [4.78, 5) is 0. The summed E-state index contributed by atoms with van der Waals surface area (Å²) in [5, 5.41) is 32.7. The molecule has 1 unspecified atom stereocenters. The van der Waals surface area contributed by atoms with Gasteiger partial charge in [0.1, 0.15) is 5.75 Å². The first-order chi connectivity index (χ1) is 10.5. The van der Waals surface area contributed by atoms with Crippen LogP contribution in [0.15, 0.2) is 12.1 Å². The van der Waals surface area contributed by atoms with Gasteiger partial charge >= 0.3 is 0 Å². The Hall–Kier alpha value is -1.10. The van der Waals surface area contributed by atoms with E-state index in [0.29, 0.717) is 25.3 Å². The molecule has 0 aliphatic carbocycles. The number of aliphatic hydroxyl groups excluding tert-OH is 2. The van der Waals surface area contributed by atoms with Crippen LogP contribution in [0.4, 0.5) is 0 Å². The number of aliphatic hydroxyl groups is 2. The van der Waals surface area contributed by atoms with E-state index >= 15 is 0 Å². The molecule has 0 aliphatic rings. The van der Waals surface area contributed by atoms with E-state index in [1.165, 1.54) is 0 Å². The van der Waals surface area contributed by atoms with Gasteiger partial charge < -0.3 is 20.6 Å². The van der Waals surface area contributed by atoms with E-state index in [2.05, 4.69) is 46.9 Å². The first-order valence-corrected chi connectivity index (χ1v) is 8.33. The maximum atomic E-state index is 10.7. The predicted molar refractivity (Wildman–Crippen MR) is 95.2 cm³/mol. The average molecular weight is 323 g/mol. The third-order valence-electron chi connectivity index (χ3n) is 3.93. The van der Waals surface area contributed by atoms with Crippen molar-refractivity contribution in [1.29, 1.82) is 0 Å². The Kier molecular flexibility index (Phi) is 6.63. The van der Waals surface area contributed by atoms with Gasteiger partial charge in [0, 0.05) is 13.1 Å². The molecule has 0 fully saturated rings. The van der Waals surface area contributed by atoms with Gasteiger partial charge in [-0.25, -0.2) is 0 Å². The highest BCUT2D eigenvalue weighted by molar-refractivity contribution is 5.50. The zero-order chi connectivity index (χ0) is 17.8. The van der Waals surface area contributed by atoms with Crippen LogP contribution in [0.25, 0.3) is 0 Å². The van der Waals surface area contributed by atoms with E-state index < -0.39 is 6.10 Å². The molecule has 1 aromatic carbocycles. The fourth-order valence-corrected chi connectivity index (χ4v) is 2.65. The van der Waals surface area contributed by atoms with Gasteiger partial charge in [-0.3, -0.25) is 0 Å². The van der Waals surface area contributed by atoms with Gasteiger partial charge in [-0.2, -0.15) is 0 Å². The molecule has 4 heteroatoms. The number of phenolic OH excluding ortho intramolecular Hbond substituents is 1. The number of benzene rings is 1. The van der Waals surface area contributed by atoms with Crippen molar-refractivity contribution in [2.75, 3.05) is 19.7 Å². The third-order valence-corrected chi connectivity index (χ3v) is 3.93. The highest BCUT2D eigenvalue weighted by Crippen LogP contribution is 2.39. The zero-order valence-electron chi connectivity index (χ0n) is 15.4. The summed E-state index contributed by atoms with van der Waals surface area (Å²) >= 11 is 0. The molecule has 1 atom stereocenters. The molecule has 0 aromatic heterocycles. The van der Waals surface area contributed by atoms with Gasteiger partial charge in [0.05, 0.1) is 12.7 Å². The van der Waals surface area contributed by atoms with E-state index in [1.54, 1.807) is 0 Å². The van der Waals surface area contributed by atoms with E-state index in [4.69, 9.17) is 5.11 Å². The molecule has 0 bridgehead atoms. The average Bonchev–Trinajstić information content (AvgIpc) is 2.38. The lowest BCUT2D eigenvalue weighted by molar-refractivity contribution is 0.168. The summed E-state index contributed by atoms with van der Waals surface area (Å²) in [6.07, 6.45) is -0.00283. The minimum atomic E-state index is -0.522. The van der Waals surface area contributed by atoms with Gasteiger partial charge in [0.2, 0.25) is 0 Å². The summed E-state index contributed by atoms with van der Waals surface area (Å²) in [6, 6.07) is 4.00. The highest BCUT2D eigenvalue weighted by Gasteiger charge is 2.26. The summed E-state index contributed by atoms with van der Waals surface area (Å²) < 4.78 is 0. The molecule has 0 saturated carbocycles. The molecule has 0 spiro atoms. The second kappa shape index (κ2) is 7.65. The monoisotopic (exact) mass is 323 g/mol. The van der Waals surface area contributed by atoms with Crippen molar-refractivity contribution in [1.82, 2.24) is 5.32 Å². The minimum Gasteiger partial charge on any atom is -0.507 e. The normalized spacial score (nSPS) is 14.1. The Balaban J connectivity index is 3.13. The predicted octanol–water partition coefficient (Wildman–Crippen LogP) is 2.47. The molecule has 0 radical (unpaired) electrons. The quantitative estimate of drug-likeness (QED) is 0.607. The summed E-state index contributed by atoms with van der Waals surface area (Å²) in [6.45, 7) is 13.5. The number of aromatic hydroxyl groups is 1. The first kappa shape index (κ1) is 19.9. The van der Waals surface area contributed by atoms with E-state index in [0.717, 1.165) is 16.7 Å². The van der Waals surface area contributed by atoms with Gasteiger partial charge in [-0.1, -0.05) is 53.7 Å². The van der Waals surface area contributed by atoms with Crippen molar-refractivity contribution in [2.45, 2.75) is 64.9 Å². The second-order valence-corrected chi connectivity index (χ2v) is 8.33. The second-order valence-electron chi connectivity index (χ2n) is 8.33. The molecule has 1 rings (SSSR count). The Morgan fingerprint density at radius 1 is 1.00 bits per heavy atom. The van der Waals surface area contributed by atoms with Crippen LogP contribution in [0, 0.1) is 0 Å². The molecule has 0 amide bonds. The number of rotatable bonds is 6. The van der Waals surface area contributed by atoms with Crippen molar-refractivity contribution in [2.24, 2.45) is 0 Å². The van der Waals surface area contributed by atoms with Crippen LogP contribution in [-0.4, -0.2) is 41.1 Å². The molecule has 4 nitrogen and oxygen atoms in total. The van der Waals surface area contributed by atoms with Crippen LogP contribution in [0.1, 0.15) is 58.2 Å². The summed E-state index contributed by atoms with van der Waals surface area (Å²) in [5.74, 6) is 0.363. The van der Waals surface area contributed by atoms with Crippen LogP contribution >= 0.6 is 0 Å². The highest BCUT2D eigenvalue weighted by atomic mass is 16.3. The maximum absolute atomic E-state index is 10.7. The van der Waals surface area contributed by atoms with Gasteiger partial charge in [0.25, 0.3) is 0 Å². The van der Waals surface area contributed by atoms with Crippen molar-refractivity contribution in [3.63, 3.8) is 0 Å². The van der Waals surface area contributed by atoms with Crippen LogP contribution in [0.2, 0.25) is 0 Å². The van der Waals surface area contributed by atoms with E-state index in [-0.39, 0.29) is 17.4 Å². The lowest BCUT2D eigenvalue weighted by atomic mass is 9.78. The zero-order valence-corrected chi connectivity index (χ0v) is 15.4. The van der Waals surface area contributed by atoms with Crippen molar-refractivity contribution in [3.8, 4) is 5.75 Å². The summed E-state index contributed by atoms with van der Waals surface area (Å²) in [5.41, 5.74) is 2.52.